The molecule has 4 N–H and O–H groups in total. The Labute approximate surface area is 155 Å². The van der Waals surface area contributed by atoms with Gasteiger partial charge < -0.3 is 5.32 Å². The molecule has 1 unspecified atom stereocenters. The number of aryl methyl sites for hydroxylation is 1. The Kier molecular flexibility index (Phi) is 5.08. The largest absolute Gasteiger partial charge is 0.354 e. The van der Waals surface area contributed by atoms with E-state index in [0.29, 0.717) is 17.6 Å². The maximum atomic E-state index is 12.7. The average molecular weight is 393 g/mol. The number of hydrogen-bond acceptors (Lipinski definition) is 5. The summed E-state index contributed by atoms with van der Waals surface area (Å²) in [4.78, 5) is 16.6. The van der Waals surface area contributed by atoms with Crippen molar-refractivity contribution >= 4 is 43.9 Å². The lowest BCUT2D eigenvalue weighted by Gasteiger charge is -2.09. The third-order valence-electron chi connectivity index (χ3n) is 3.82. The van der Waals surface area contributed by atoms with Gasteiger partial charge in [-0.2, -0.15) is 5.10 Å². The molecule has 3 aromatic rings. The fourth-order valence-electron chi connectivity index (χ4n) is 2.47. The zero-order chi connectivity index (χ0) is 18.9. The summed E-state index contributed by atoms with van der Waals surface area (Å²) in [7, 11) is -3.36. The Hall–Kier alpha value is -2.30. The van der Waals surface area contributed by atoms with Crippen molar-refractivity contribution in [2.45, 2.75) is 37.3 Å². The standard InChI is InChI=1S/C16H20N6O2S2/c1-4-10-5-6-11-7-19-21-14(11)13(10)20-16(23)22-26(17,24)12-8-18-15(25-12)9(2)3/h5-9H,4H2,1-3H3,(H,19,21)(H3,17,20,22,23,24). The van der Waals surface area contributed by atoms with Gasteiger partial charge in [-0.15, -0.1) is 15.7 Å². The fraction of sp³-hybridized carbons (Fsp3) is 0.312. The van der Waals surface area contributed by atoms with Crippen LogP contribution in [0.4, 0.5) is 10.5 Å². The highest BCUT2D eigenvalue weighted by Crippen LogP contribution is 2.27. The molecule has 8 nitrogen and oxygen atoms in total. The lowest BCUT2D eigenvalue weighted by atomic mass is 10.1. The zero-order valence-corrected chi connectivity index (χ0v) is 16.3. The number of hydrogen-bond donors (Lipinski definition) is 3. The molecular formula is C16H20N6O2S2. The first-order valence-corrected chi connectivity index (χ1v) is 10.5. The van der Waals surface area contributed by atoms with Gasteiger partial charge in [-0.1, -0.05) is 32.9 Å². The Balaban J connectivity index is 1.94. The Bertz CT molecular complexity index is 1080. The molecule has 1 atom stereocenters. The smallest absolute Gasteiger partial charge is 0.303 e. The maximum Gasteiger partial charge on any atom is 0.354 e. The van der Waals surface area contributed by atoms with E-state index in [9.17, 15) is 9.00 Å². The highest BCUT2D eigenvalue weighted by molar-refractivity contribution is 7.93. The quantitative estimate of drug-likeness (QED) is 0.626. The minimum Gasteiger partial charge on any atom is -0.303 e. The predicted octanol–water partition coefficient (Wildman–Crippen LogP) is 3.64. The van der Waals surface area contributed by atoms with E-state index < -0.39 is 15.9 Å². The average Bonchev–Trinajstić information content (AvgIpc) is 3.24. The third-order valence-corrected chi connectivity index (χ3v) is 7.00. The number of amides is 2. The predicted molar refractivity (Wildman–Crippen MR) is 104 cm³/mol. The van der Waals surface area contributed by atoms with E-state index in [2.05, 4.69) is 24.9 Å². The van der Waals surface area contributed by atoms with Gasteiger partial charge in [0.15, 0.2) is 9.92 Å². The molecule has 1 aromatic carbocycles. The number of anilines is 1. The van der Waals surface area contributed by atoms with Crippen molar-refractivity contribution in [1.82, 2.24) is 15.2 Å². The lowest BCUT2D eigenvalue weighted by Crippen LogP contribution is -2.17. The molecule has 10 heteroatoms. The number of fused-ring (bicyclic) bond motifs is 1. The normalized spacial score (nSPS) is 13.7. The number of urea groups is 1. The highest BCUT2D eigenvalue weighted by atomic mass is 32.2. The van der Waals surface area contributed by atoms with Crippen LogP contribution in [-0.4, -0.2) is 25.4 Å². The molecule has 2 aromatic heterocycles. The van der Waals surface area contributed by atoms with Gasteiger partial charge in [-0.25, -0.2) is 19.1 Å². The minimum atomic E-state index is -3.36. The maximum absolute atomic E-state index is 12.7. The summed E-state index contributed by atoms with van der Waals surface area (Å²) in [6.07, 6.45) is 3.79. The second-order valence-electron chi connectivity index (χ2n) is 6.05. The van der Waals surface area contributed by atoms with Crippen LogP contribution in [0.5, 0.6) is 0 Å². The molecular weight excluding hydrogens is 372 g/mol. The van der Waals surface area contributed by atoms with Gasteiger partial charge in [-0.05, 0) is 12.0 Å². The van der Waals surface area contributed by atoms with Crippen LogP contribution in [0.2, 0.25) is 0 Å². The number of nitrogens with zero attached hydrogens (tertiary/aromatic N) is 3. The van der Waals surface area contributed by atoms with Crippen LogP contribution < -0.4 is 10.5 Å². The van der Waals surface area contributed by atoms with Gasteiger partial charge in [0.25, 0.3) is 0 Å². The van der Waals surface area contributed by atoms with Crippen molar-refractivity contribution in [2.24, 2.45) is 9.50 Å². The number of aromatic nitrogens is 3. The first-order valence-electron chi connectivity index (χ1n) is 8.08. The second-order valence-corrected chi connectivity index (χ2v) is 9.13. The number of rotatable bonds is 4. The molecule has 2 amide bonds. The van der Waals surface area contributed by atoms with E-state index in [4.69, 9.17) is 5.14 Å². The van der Waals surface area contributed by atoms with Gasteiger partial charge in [-0.3, -0.25) is 5.10 Å². The molecule has 3 rings (SSSR count). The number of benzene rings is 1. The van der Waals surface area contributed by atoms with Gasteiger partial charge in [0, 0.05) is 11.3 Å². The van der Waals surface area contributed by atoms with Crippen molar-refractivity contribution in [3.8, 4) is 0 Å². The SMILES string of the molecule is CCc1ccc2cn[nH]c2c1NC(=O)N=S(N)(=O)c1cnc(C(C)C)s1. The second kappa shape index (κ2) is 7.14. The molecule has 0 bridgehead atoms. The van der Waals surface area contributed by atoms with E-state index in [1.807, 2.05) is 32.9 Å². The molecule has 0 aliphatic rings. The van der Waals surface area contributed by atoms with Crippen molar-refractivity contribution < 1.29 is 9.00 Å². The summed E-state index contributed by atoms with van der Waals surface area (Å²) in [5, 5.41) is 17.0. The van der Waals surface area contributed by atoms with Gasteiger partial charge >= 0.3 is 6.03 Å². The molecule has 0 saturated heterocycles. The van der Waals surface area contributed by atoms with Crippen LogP contribution in [0, 0.1) is 0 Å². The highest BCUT2D eigenvalue weighted by Gasteiger charge is 2.17. The number of thiazole rings is 1. The summed E-state index contributed by atoms with van der Waals surface area (Å²) < 4.78 is 16.7. The molecule has 2 heterocycles. The molecule has 0 fully saturated rings. The van der Waals surface area contributed by atoms with Gasteiger partial charge in [0.1, 0.15) is 4.21 Å². The number of carbonyl (C=O) groups excluding carboxylic acids is 1. The Morgan fingerprint density at radius 2 is 2.19 bits per heavy atom. The number of aromatic amines is 1. The van der Waals surface area contributed by atoms with E-state index in [0.717, 1.165) is 16.0 Å². The van der Waals surface area contributed by atoms with Crippen molar-refractivity contribution in [1.29, 1.82) is 0 Å². The Morgan fingerprint density at radius 1 is 1.42 bits per heavy atom. The number of nitrogens with one attached hydrogen (secondary N) is 2. The van der Waals surface area contributed by atoms with Gasteiger partial charge in [0.2, 0.25) is 0 Å². The van der Waals surface area contributed by atoms with Crippen LogP contribution in [0.15, 0.2) is 33.1 Å². The summed E-state index contributed by atoms with van der Waals surface area (Å²) in [6, 6.07) is 3.06. The van der Waals surface area contributed by atoms with Gasteiger partial charge in [0.05, 0.1) is 28.6 Å². The number of nitrogens with two attached hydrogens (primary N) is 1. The van der Waals surface area contributed by atoms with Crippen LogP contribution in [0.3, 0.4) is 0 Å². The van der Waals surface area contributed by atoms with E-state index in [1.165, 1.54) is 17.5 Å². The van der Waals surface area contributed by atoms with Crippen LogP contribution in [0.25, 0.3) is 10.9 Å². The summed E-state index contributed by atoms with van der Waals surface area (Å²) in [6.45, 7) is 5.92. The minimum absolute atomic E-state index is 0.183. The summed E-state index contributed by atoms with van der Waals surface area (Å²) in [5.41, 5.74) is 2.17. The fourth-order valence-corrected chi connectivity index (χ4v) is 4.55. The third kappa shape index (κ3) is 3.62. The van der Waals surface area contributed by atoms with E-state index in [1.54, 1.807) is 6.20 Å². The topological polar surface area (TPSA) is 126 Å². The van der Waals surface area contributed by atoms with Crippen LogP contribution in [0.1, 0.15) is 37.3 Å². The number of H-pyrrole nitrogens is 1. The summed E-state index contributed by atoms with van der Waals surface area (Å²) in [5.74, 6) is 0.183. The molecule has 0 aliphatic carbocycles. The van der Waals surface area contributed by atoms with Crippen molar-refractivity contribution in [3.63, 3.8) is 0 Å². The molecule has 138 valence electrons. The first-order chi connectivity index (χ1) is 12.3. The van der Waals surface area contributed by atoms with Crippen LogP contribution >= 0.6 is 11.3 Å². The van der Waals surface area contributed by atoms with Crippen molar-refractivity contribution in [2.75, 3.05) is 5.32 Å². The first kappa shape index (κ1) is 18.5. The zero-order valence-electron chi connectivity index (χ0n) is 14.6. The van der Waals surface area contributed by atoms with E-state index >= 15 is 0 Å². The summed E-state index contributed by atoms with van der Waals surface area (Å²) >= 11 is 1.21. The molecule has 0 radical (unpaired) electrons. The van der Waals surface area contributed by atoms with Crippen LogP contribution in [-0.2, 0) is 16.3 Å². The molecule has 0 spiro atoms. The lowest BCUT2D eigenvalue weighted by molar-refractivity contribution is 0.260. The van der Waals surface area contributed by atoms with E-state index in [-0.39, 0.29) is 10.1 Å². The Morgan fingerprint density at radius 3 is 2.85 bits per heavy atom. The van der Waals surface area contributed by atoms with Crippen molar-refractivity contribution in [3.05, 3.63) is 35.1 Å². The monoisotopic (exact) mass is 392 g/mol. The molecule has 0 saturated carbocycles. The molecule has 0 aliphatic heterocycles. The number of carbonyl (C=O) groups is 1. The molecule has 26 heavy (non-hydrogen) atoms.